The van der Waals surface area contributed by atoms with Gasteiger partial charge in [-0.2, -0.15) is 0 Å². The van der Waals surface area contributed by atoms with Crippen molar-refractivity contribution in [2.45, 2.75) is 55.1 Å². The maximum atomic E-state index is 9.98. The minimum atomic E-state index is -1.69. The van der Waals surface area contributed by atoms with E-state index in [1.54, 1.807) is 0 Å². The van der Waals surface area contributed by atoms with Gasteiger partial charge >= 0.3 is 0 Å². The highest BCUT2D eigenvalue weighted by atomic mass is 16.7. The van der Waals surface area contributed by atoms with E-state index < -0.39 is 68.3 Å². The predicted octanol–water partition coefficient (Wildman–Crippen LogP) is -4.81. The first-order valence-corrected chi connectivity index (χ1v) is 7.13. The number of aliphatic hydroxyl groups is 8. The van der Waals surface area contributed by atoms with Gasteiger partial charge < -0.3 is 50.3 Å². The maximum absolute atomic E-state index is 9.98. The van der Waals surface area contributed by atoms with Crippen molar-refractivity contribution in [1.82, 2.24) is 0 Å². The Kier molecular flexibility index (Phi) is 6.08. The van der Waals surface area contributed by atoms with Crippen molar-refractivity contribution in [3.63, 3.8) is 0 Å². The lowest BCUT2D eigenvalue weighted by Crippen LogP contribution is -2.61. The van der Waals surface area contributed by atoms with Gasteiger partial charge in [-0.25, -0.2) is 0 Å². The predicted molar refractivity (Wildman–Crippen MR) is 71.8 cm³/mol. The van der Waals surface area contributed by atoms with E-state index in [1.165, 1.54) is 0 Å². The molecule has 2 rings (SSSR count). The second-order valence-corrected chi connectivity index (χ2v) is 5.63. The third-order valence-corrected chi connectivity index (χ3v) is 4.07. The molecule has 10 heteroatoms. The largest absolute Gasteiger partial charge is 0.394 e. The zero-order valence-electron chi connectivity index (χ0n) is 12.1. The molecular weight excluding hydrogens is 316 g/mol. The van der Waals surface area contributed by atoms with Crippen molar-refractivity contribution in [3.05, 3.63) is 11.6 Å². The normalized spacial score (nSPS) is 48.2. The van der Waals surface area contributed by atoms with Crippen LogP contribution in [0.1, 0.15) is 0 Å². The minimum absolute atomic E-state index is 0.0484. The van der Waals surface area contributed by atoms with Gasteiger partial charge in [-0.15, -0.1) is 0 Å². The fourth-order valence-corrected chi connectivity index (χ4v) is 2.65. The van der Waals surface area contributed by atoms with Crippen LogP contribution in [0, 0.1) is 0 Å². The molecule has 10 nitrogen and oxygen atoms in total. The van der Waals surface area contributed by atoms with Crippen LogP contribution in [-0.2, 0) is 9.47 Å². The smallest absolute Gasteiger partial charge is 0.187 e. The molecule has 1 aliphatic heterocycles. The summed E-state index contributed by atoms with van der Waals surface area (Å²) in [6.07, 6.45) is -12.5. The Balaban J connectivity index is 2.17. The van der Waals surface area contributed by atoms with E-state index in [4.69, 9.17) is 14.6 Å². The van der Waals surface area contributed by atoms with Gasteiger partial charge in [0.25, 0.3) is 0 Å². The number of hydrogen-bond acceptors (Lipinski definition) is 10. The molecule has 134 valence electrons. The molecule has 8 N–H and O–H groups in total. The van der Waals surface area contributed by atoms with Crippen LogP contribution in [0.25, 0.3) is 0 Å². The molecule has 1 fully saturated rings. The summed E-state index contributed by atoms with van der Waals surface area (Å²) in [6.45, 7) is -1.25. The molecule has 2 aliphatic rings. The molecule has 0 spiro atoms. The monoisotopic (exact) mass is 338 g/mol. The number of aliphatic hydroxyl groups excluding tert-OH is 8. The van der Waals surface area contributed by atoms with Gasteiger partial charge in [-0.1, -0.05) is 0 Å². The summed E-state index contributed by atoms with van der Waals surface area (Å²) in [5.41, 5.74) is 0.0484. The first-order valence-electron chi connectivity index (χ1n) is 7.13. The van der Waals surface area contributed by atoms with Crippen LogP contribution in [-0.4, -0.2) is 109 Å². The summed E-state index contributed by atoms with van der Waals surface area (Å²) in [7, 11) is 0. The first-order chi connectivity index (χ1) is 10.8. The van der Waals surface area contributed by atoms with E-state index in [-0.39, 0.29) is 5.57 Å². The summed E-state index contributed by atoms with van der Waals surface area (Å²) in [4.78, 5) is 0. The Bertz CT molecular complexity index is 427. The molecule has 1 saturated heterocycles. The van der Waals surface area contributed by atoms with E-state index in [1.807, 2.05) is 0 Å². The van der Waals surface area contributed by atoms with Crippen LogP contribution in [0.4, 0.5) is 0 Å². The van der Waals surface area contributed by atoms with Crippen molar-refractivity contribution < 1.29 is 50.3 Å². The molecule has 0 radical (unpaired) electrons. The minimum Gasteiger partial charge on any atom is -0.394 e. The van der Waals surface area contributed by atoms with E-state index in [9.17, 15) is 35.7 Å². The SMILES string of the molecule is OCC1=CC(O)C(O)C(O)C1OC1OC(CO)C(O)C(O)C1O. The molecule has 9 unspecified atom stereocenters. The Labute approximate surface area is 131 Å². The van der Waals surface area contributed by atoms with E-state index >= 15 is 0 Å². The fourth-order valence-electron chi connectivity index (χ4n) is 2.65. The third-order valence-electron chi connectivity index (χ3n) is 4.07. The molecule has 0 aromatic rings. The average molecular weight is 338 g/mol. The zero-order chi connectivity index (χ0) is 17.3. The Morgan fingerprint density at radius 3 is 2.09 bits per heavy atom. The lowest BCUT2D eigenvalue weighted by molar-refractivity contribution is -0.317. The molecule has 0 bridgehead atoms. The van der Waals surface area contributed by atoms with Crippen molar-refractivity contribution in [2.24, 2.45) is 0 Å². The molecule has 0 saturated carbocycles. The standard InChI is InChI=1S/C13H22O10/c14-2-4-1-5(16)7(17)10(20)12(4)23-13-11(21)9(19)8(18)6(3-15)22-13/h1,5-21H,2-3H2. The highest BCUT2D eigenvalue weighted by molar-refractivity contribution is 5.20. The van der Waals surface area contributed by atoms with Crippen molar-refractivity contribution in [1.29, 1.82) is 0 Å². The van der Waals surface area contributed by atoms with Crippen LogP contribution in [0.15, 0.2) is 11.6 Å². The quantitative estimate of drug-likeness (QED) is 0.232. The Morgan fingerprint density at radius 1 is 0.870 bits per heavy atom. The van der Waals surface area contributed by atoms with Crippen LogP contribution in [0.2, 0.25) is 0 Å². The Hall–Kier alpha value is -0.660. The zero-order valence-corrected chi connectivity index (χ0v) is 12.1. The van der Waals surface area contributed by atoms with Gasteiger partial charge in [0.1, 0.15) is 48.8 Å². The van der Waals surface area contributed by atoms with E-state index in [0.717, 1.165) is 6.08 Å². The van der Waals surface area contributed by atoms with Gasteiger partial charge in [0, 0.05) is 0 Å². The van der Waals surface area contributed by atoms with Crippen molar-refractivity contribution in [2.75, 3.05) is 13.2 Å². The van der Waals surface area contributed by atoms with Gasteiger partial charge in [-0.05, 0) is 11.6 Å². The first kappa shape index (κ1) is 18.7. The van der Waals surface area contributed by atoms with Gasteiger partial charge in [0.15, 0.2) is 6.29 Å². The van der Waals surface area contributed by atoms with E-state index in [2.05, 4.69) is 0 Å². The summed E-state index contributed by atoms with van der Waals surface area (Å²) in [5.74, 6) is 0. The molecule has 1 aliphatic carbocycles. The molecule has 0 aromatic heterocycles. The summed E-state index contributed by atoms with van der Waals surface area (Å²) in [5, 5.41) is 76.9. The van der Waals surface area contributed by atoms with Crippen molar-refractivity contribution in [3.8, 4) is 0 Å². The molecule has 0 amide bonds. The van der Waals surface area contributed by atoms with Crippen LogP contribution >= 0.6 is 0 Å². The number of rotatable bonds is 4. The van der Waals surface area contributed by atoms with Crippen LogP contribution < -0.4 is 0 Å². The second kappa shape index (κ2) is 7.49. The third kappa shape index (κ3) is 3.56. The highest BCUT2D eigenvalue weighted by Gasteiger charge is 2.47. The Morgan fingerprint density at radius 2 is 1.52 bits per heavy atom. The number of hydrogen-bond donors (Lipinski definition) is 8. The molecule has 23 heavy (non-hydrogen) atoms. The van der Waals surface area contributed by atoms with Crippen LogP contribution in [0.3, 0.4) is 0 Å². The highest BCUT2D eigenvalue weighted by Crippen LogP contribution is 2.28. The van der Waals surface area contributed by atoms with Gasteiger partial charge in [0.2, 0.25) is 0 Å². The van der Waals surface area contributed by atoms with Crippen LogP contribution in [0.5, 0.6) is 0 Å². The average Bonchev–Trinajstić information content (AvgIpc) is 2.55. The van der Waals surface area contributed by atoms with Gasteiger partial charge in [-0.3, -0.25) is 0 Å². The van der Waals surface area contributed by atoms with Gasteiger partial charge in [0.05, 0.1) is 13.2 Å². The molecule has 1 heterocycles. The molecular formula is C13H22O10. The van der Waals surface area contributed by atoms with E-state index in [0.29, 0.717) is 0 Å². The lowest BCUT2D eigenvalue weighted by atomic mass is 9.89. The summed E-state index contributed by atoms with van der Waals surface area (Å²) < 4.78 is 10.5. The molecule has 0 aromatic carbocycles. The topological polar surface area (TPSA) is 180 Å². The summed E-state index contributed by atoms with van der Waals surface area (Å²) >= 11 is 0. The molecule has 9 atom stereocenters. The number of ether oxygens (including phenoxy) is 2. The van der Waals surface area contributed by atoms with Crippen molar-refractivity contribution >= 4 is 0 Å². The fraction of sp³-hybridized carbons (Fsp3) is 0.846. The second-order valence-electron chi connectivity index (χ2n) is 5.63. The maximum Gasteiger partial charge on any atom is 0.187 e. The lowest BCUT2D eigenvalue weighted by Gasteiger charge is -2.43. The summed E-state index contributed by atoms with van der Waals surface area (Å²) in [6, 6.07) is 0.